The first kappa shape index (κ1) is 14.6. The third kappa shape index (κ3) is 2.67. The summed E-state index contributed by atoms with van der Waals surface area (Å²) >= 11 is 0. The number of hydrogen-bond acceptors (Lipinski definition) is 1. The maximum Gasteiger partial charge on any atom is 0.123 e. The lowest BCUT2D eigenvalue weighted by molar-refractivity contribution is 0.629. The Morgan fingerprint density at radius 2 is 1.50 bits per heavy atom. The second kappa shape index (κ2) is 5.89. The van der Waals surface area contributed by atoms with Crippen LogP contribution < -0.4 is 0 Å². The molecule has 0 spiro atoms. The van der Waals surface area contributed by atoms with Gasteiger partial charge in [-0.2, -0.15) is 0 Å². The molecular weight excluding hydrogens is 297 g/mol. The zero-order chi connectivity index (χ0) is 16.5. The summed E-state index contributed by atoms with van der Waals surface area (Å²) < 4.78 is 13.8. The molecule has 0 amide bonds. The van der Waals surface area contributed by atoms with Crippen LogP contribution in [0, 0.1) is 12.7 Å². The molecule has 0 aliphatic rings. The molecule has 1 heterocycles. The Labute approximate surface area is 140 Å². The van der Waals surface area contributed by atoms with Gasteiger partial charge in [0.1, 0.15) is 5.82 Å². The van der Waals surface area contributed by atoms with Crippen molar-refractivity contribution in [3.8, 4) is 22.4 Å². The van der Waals surface area contributed by atoms with Crippen LogP contribution in [-0.4, -0.2) is 4.98 Å². The molecule has 4 aromatic rings. The molecular formula is C22H16FN. The fraction of sp³-hybridized carbons (Fsp3) is 0.0455. The minimum atomic E-state index is -0.246. The van der Waals surface area contributed by atoms with Crippen LogP contribution in [0.3, 0.4) is 0 Å². The van der Waals surface area contributed by atoms with Gasteiger partial charge in [0, 0.05) is 10.9 Å². The van der Waals surface area contributed by atoms with Gasteiger partial charge in [-0.05, 0) is 42.3 Å². The SMILES string of the molecule is Cc1ccc(-c2cc(-c3ccccc3)c3cc(F)ccc3n2)cc1. The summed E-state index contributed by atoms with van der Waals surface area (Å²) in [6.07, 6.45) is 0. The van der Waals surface area contributed by atoms with Crippen molar-refractivity contribution in [3.63, 3.8) is 0 Å². The molecule has 0 aliphatic heterocycles. The van der Waals surface area contributed by atoms with Crippen molar-refractivity contribution in [1.82, 2.24) is 4.98 Å². The van der Waals surface area contributed by atoms with E-state index in [1.54, 1.807) is 12.1 Å². The first-order chi connectivity index (χ1) is 11.7. The standard InChI is InChI=1S/C22H16FN/c1-15-7-9-17(10-8-15)22-14-19(16-5-3-2-4-6-16)20-13-18(23)11-12-21(20)24-22/h2-14H,1H3. The molecule has 0 aliphatic carbocycles. The Morgan fingerprint density at radius 1 is 0.750 bits per heavy atom. The second-order valence-electron chi connectivity index (χ2n) is 5.95. The van der Waals surface area contributed by atoms with Gasteiger partial charge in [-0.1, -0.05) is 60.2 Å². The van der Waals surface area contributed by atoms with E-state index in [-0.39, 0.29) is 5.82 Å². The van der Waals surface area contributed by atoms with E-state index in [2.05, 4.69) is 31.2 Å². The average Bonchev–Trinajstić information content (AvgIpc) is 2.62. The van der Waals surface area contributed by atoms with Gasteiger partial charge in [-0.25, -0.2) is 9.37 Å². The summed E-state index contributed by atoms with van der Waals surface area (Å²) in [7, 11) is 0. The molecule has 0 saturated heterocycles. The van der Waals surface area contributed by atoms with Gasteiger partial charge in [-0.15, -0.1) is 0 Å². The number of halogens is 1. The number of rotatable bonds is 2. The smallest absolute Gasteiger partial charge is 0.123 e. The topological polar surface area (TPSA) is 12.9 Å². The highest BCUT2D eigenvalue weighted by Crippen LogP contribution is 2.32. The maximum atomic E-state index is 13.8. The van der Waals surface area contributed by atoms with E-state index in [0.29, 0.717) is 0 Å². The van der Waals surface area contributed by atoms with Crippen LogP contribution in [0.5, 0.6) is 0 Å². The zero-order valence-corrected chi connectivity index (χ0v) is 13.3. The summed E-state index contributed by atoms with van der Waals surface area (Å²) in [6.45, 7) is 2.07. The summed E-state index contributed by atoms with van der Waals surface area (Å²) in [5.74, 6) is -0.246. The van der Waals surface area contributed by atoms with E-state index in [9.17, 15) is 4.39 Å². The molecule has 1 nitrogen and oxygen atoms in total. The van der Waals surface area contributed by atoms with Crippen molar-refractivity contribution >= 4 is 10.9 Å². The Balaban J connectivity index is 2.00. The summed E-state index contributed by atoms with van der Waals surface area (Å²) in [5.41, 5.74) is 6.02. The molecule has 116 valence electrons. The largest absolute Gasteiger partial charge is 0.248 e. The van der Waals surface area contributed by atoms with E-state index in [0.717, 1.165) is 33.3 Å². The van der Waals surface area contributed by atoms with Crippen molar-refractivity contribution in [2.45, 2.75) is 6.92 Å². The monoisotopic (exact) mass is 313 g/mol. The maximum absolute atomic E-state index is 13.8. The minimum Gasteiger partial charge on any atom is -0.248 e. The number of benzene rings is 3. The summed E-state index contributed by atoms with van der Waals surface area (Å²) in [5, 5.41) is 0.831. The Kier molecular flexibility index (Phi) is 3.58. The molecule has 4 rings (SSSR count). The van der Waals surface area contributed by atoms with Gasteiger partial charge < -0.3 is 0 Å². The van der Waals surface area contributed by atoms with Gasteiger partial charge in [-0.3, -0.25) is 0 Å². The van der Waals surface area contributed by atoms with Crippen LogP contribution in [-0.2, 0) is 0 Å². The minimum absolute atomic E-state index is 0.246. The lowest BCUT2D eigenvalue weighted by atomic mass is 9.98. The highest BCUT2D eigenvalue weighted by molar-refractivity contribution is 5.96. The molecule has 0 radical (unpaired) electrons. The molecule has 0 N–H and O–H groups in total. The lowest BCUT2D eigenvalue weighted by Crippen LogP contribution is -1.91. The fourth-order valence-corrected chi connectivity index (χ4v) is 2.93. The van der Waals surface area contributed by atoms with E-state index in [4.69, 9.17) is 4.98 Å². The predicted octanol–water partition coefficient (Wildman–Crippen LogP) is 6.02. The van der Waals surface area contributed by atoms with E-state index < -0.39 is 0 Å². The normalized spacial score (nSPS) is 10.9. The predicted molar refractivity (Wildman–Crippen MR) is 97.3 cm³/mol. The highest BCUT2D eigenvalue weighted by atomic mass is 19.1. The zero-order valence-electron chi connectivity index (χ0n) is 13.3. The molecule has 0 atom stereocenters. The van der Waals surface area contributed by atoms with Crippen LogP contribution in [0.1, 0.15) is 5.56 Å². The van der Waals surface area contributed by atoms with Crippen molar-refractivity contribution in [1.29, 1.82) is 0 Å². The van der Waals surface area contributed by atoms with Crippen molar-refractivity contribution in [2.75, 3.05) is 0 Å². The first-order valence-corrected chi connectivity index (χ1v) is 7.93. The average molecular weight is 313 g/mol. The Bertz CT molecular complexity index is 1010. The quantitative estimate of drug-likeness (QED) is 0.441. The molecule has 0 bridgehead atoms. The van der Waals surface area contributed by atoms with Gasteiger partial charge >= 0.3 is 0 Å². The van der Waals surface area contributed by atoms with Crippen LogP contribution in [0.25, 0.3) is 33.3 Å². The molecule has 1 aromatic heterocycles. The lowest BCUT2D eigenvalue weighted by Gasteiger charge is -2.11. The molecule has 0 fully saturated rings. The van der Waals surface area contributed by atoms with E-state index in [1.807, 2.05) is 36.4 Å². The van der Waals surface area contributed by atoms with Crippen molar-refractivity contribution < 1.29 is 4.39 Å². The number of fused-ring (bicyclic) bond motifs is 1. The van der Waals surface area contributed by atoms with Gasteiger partial charge in [0.15, 0.2) is 0 Å². The van der Waals surface area contributed by atoms with E-state index in [1.165, 1.54) is 11.6 Å². The van der Waals surface area contributed by atoms with Crippen LogP contribution >= 0.6 is 0 Å². The van der Waals surface area contributed by atoms with Crippen molar-refractivity contribution in [3.05, 3.63) is 90.2 Å². The first-order valence-electron chi connectivity index (χ1n) is 7.93. The molecule has 3 aromatic carbocycles. The fourth-order valence-electron chi connectivity index (χ4n) is 2.93. The molecule has 0 saturated carbocycles. The number of aryl methyl sites for hydroxylation is 1. The number of nitrogens with zero attached hydrogens (tertiary/aromatic N) is 1. The van der Waals surface area contributed by atoms with Gasteiger partial charge in [0.2, 0.25) is 0 Å². The Hall–Kier alpha value is -3.00. The highest BCUT2D eigenvalue weighted by Gasteiger charge is 2.10. The van der Waals surface area contributed by atoms with Gasteiger partial charge in [0.25, 0.3) is 0 Å². The molecule has 0 unspecified atom stereocenters. The number of hydrogen-bond donors (Lipinski definition) is 0. The van der Waals surface area contributed by atoms with Crippen LogP contribution in [0.4, 0.5) is 4.39 Å². The number of pyridine rings is 1. The second-order valence-corrected chi connectivity index (χ2v) is 5.95. The molecule has 24 heavy (non-hydrogen) atoms. The van der Waals surface area contributed by atoms with Gasteiger partial charge in [0.05, 0.1) is 11.2 Å². The summed E-state index contributed by atoms with van der Waals surface area (Å²) in [4.78, 5) is 4.74. The third-order valence-electron chi connectivity index (χ3n) is 4.20. The number of aromatic nitrogens is 1. The van der Waals surface area contributed by atoms with Crippen LogP contribution in [0.2, 0.25) is 0 Å². The Morgan fingerprint density at radius 3 is 2.25 bits per heavy atom. The third-order valence-corrected chi connectivity index (χ3v) is 4.20. The van der Waals surface area contributed by atoms with Crippen molar-refractivity contribution in [2.24, 2.45) is 0 Å². The van der Waals surface area contributed by atoms with Crippen LogP contribution in [0.15, 0.2) is 78.9 Å². The summed E-state index contributed by atoms with van der Waals surface area (Å²) in [6, 6.07) is 25.2. The van der Waals surface area contributed by atoms with E-state index >= 15 is 0 Å². The molecule has 2 heteroatoms.